The number of aromatic nitrogens is 1. The van der Waals surface area contributed by atoms with Gasteiger partial charge in [0.2, 0.25) is 0 Å². The first-order chi connectivity index (χ1) is 13.6. The molecule has 1 atom stereocenters. The molecule has 2 aromatic carbocycles. The molecule has 5 heteroatoms. The van der Waals surface area contributed by atoms with Gasteiger partial charge < -0.3 is 10.0 Å². The van der Waals surface area contributed by atoms with Crippen molar-refractivity contribution in [3.8, 4) is 0 Å². The fraction of sp³-hybridized carbons (Fsp3) is 0.261. The van der Waals surface area contributed by atoms with Crippen LogP contribution in [-0.2, 0) is 17.8 Å². The number of fused-ring (bicyclic) bond motifs is 2. The Kier molecular flexibility index (Phi) is 3.90. The maximum absolute atomic E-state index is 13.6. The first-order valence-electron chi connectivity index (χ1n) is 9.62. The van der Waals surface area contributed by atoms with Crippen LogP contribution in [0.3, 0.4) is 0 Å². The lowest BCUT2D eigenvalue weighted by Gasteiger charge is -2.34. The van der Waals surface area contributed by atoms with E-state index in [-0.39, 0.29) is 5.91 Å². The number of carboxylic acids is 1. The summed E-state index contributed by atoms with van der Waals surface area (Å²) in [6.07, 6.45) is 2.51. The van der Waals surface area contributed by atoms with Crippen LogP contribution < -0.4 is 0 Å². The molecule has 140 valence electrons. The Hall–Kier alpha value is -3.21. The molecule has 1 aromatic heterocycles. The molecule has 1 unspecified atom stereocenters. The highest BCUT2D eigenvalue weighted by atomic mass is 16.4. The van der Waals surface area contributed by atoms with E-state index in [0.29, 0.717) is 24.4 Å². The van der Waals surface area contributed by atoms with Gasteiger partial charge in [0.25, 0.3) is 5.91 Å². The van der Waals surface area contributed by atoms with E-state index < -0.39 is 12.0 Å². The lowest BCUT2D eigenvalue weighted by molar-refractivity contribution is -0.142. The van der Waals surface area contributed by atoms with Gasteiger partial charge in [0, 0.05) is 30.0 Å². The van der Waals surface area contributed by atoms with Crippen LogP contribution in [0.5, 0.6) is 0 Å². The quantitative estimate of drug-likeness (QED) is 0.760. The average molecular weight is 372 g/mol. The molecule has 0 saturated heterocycles. The highest BCUT2D eigenvalue weighted by Crippen LogP contribution is 2.40. The molecule has 2 heterocycles. The molecule has 0 radical (unpaired) electrons. The number of pyridine rings is 1. The predicted molar refractivity (Wildman–Crippen MR) is 105 cm³/mol. The van der Waals surface area contributed by atoms with Crippen molar-refractivity contribution in [1.82, 2.24) is 9.88 Å². The third-order valence-corrected chi connectivity index (χ3v) is 5.76. The minimum Gasteiger partial charge on any atom is -0.480 e. The van der Waals surface area contributed by atoms with Crippen LogP contribution in [0.2, 0.25) is 0 Å². The van der Waals surface area contributed by atoms with Gasteiger partial charge in [0.05, 0.1) is 11.1 Å². The molecule has 0 spiro atoms. The molecule has 5 rings (SSSR count). The van der Waals surface area contributed by atoms with E-state index in [4.69, 9.17) is 4.98 Å². The Morgan fingerprint density at radius 2 is 1.71 bits per heavy atom. The number of carbonyl (C=O) groups is 2. The molecule has 1 fully saturated rings. The van der Waals surface area contributed by atoms with Crippen molar-refractivity contribution in [3.63, 3.8) is 0 Å². The average Bonchev–Trinajstić information content (AvgIpc) is 3.57. The molecule has 1 aliphatic carbocycles. The van der Waals surface area contributed by atoms with Gasteiger partial charge >= 0.3 is 5.97 Å². The Balaban J connectivity index is 1.61. The third kappa shape index (κ3) is 2.83. The predicted octanol–water partition coefficient (Wildman–Crippen LogP) is 3.76. The number of benzene rings is 2. The fourth-order valence-corrected chi connectivity index (χ4v) is 4.07. The van der Waals surface area contributed by atoms with Crippen LogP contribution >= 0.6 is 0 Å². The van der Waals surface area contributed by atoms with E-state index in [1.807, 2.05) is 54.6 Å². The van der Waals surface area contributed by atoms with Crippen molar-refractivity contribution in [1.29, 1.82) is 0 Å². The topological polar surface area (TPSA) is 70.5 Å². The minimum absolute atomic E-state index is 0.234. The molecule has 3 aromatic rings. The summed E-state index contributed by atoms with van der Waals surface area (Å²) >= 11 is 0. The van der Waals surface area contributed by atoms with Crippen molar-refractivity contribution in [2.45, 2.75) is 37.8 Å². The lowest BCUT2D eigenvalue weighted by Crippen LogP contribution is -2.48. The number of rotatable bonds is 3. The SMILES string of the molecule is O=C(O)C1Cc2ccccc2CN1C(=O)c1cc(C2CC2)nc2ccccc12. The number of para-hydroxylation sites is 1. The van der Waals surface area contributed by atoms with Crippen LogP contribution in [0.4, 0.5) is 0 Å². The Morgan fingerprint density at radius 3 is 2.46 bits per heavy atom. The zero-order chi connectivity index (χ0) is 19.3. The Labute approximate surface area is 162 Å². The molecule has 0 bridgehead atoms. The molecular weight excluding hydrogens is 352 g/mol. The van der Waals surface area contributed by atoms with E-state index in [1.54, 1.807) is 0 Å². The van der Waals surface area contributed by atoms with Gasteiger partial charge in [-0.15, -0.1) is 0 Å². The van der Waals surface area contributed by atoms with Crippen LogP contribution in [0.25, 0.3) is 10.9 Å². The van der Waals surface area contributed by atoms with E-state index >= 15 is 0 Å². The van der Waals surface area contributed by atoms with Crippen LogP contribution in [-0.4, -0.2) is 32.9 Å². The minimum atomic E-state index is -0.969. The summed E-state index contributed by atoms with van der Waals surface area (Å²) in [5, 5.41) is 10.6. The zero-order valence-corrected chi connectivity index (χ0v) is 15.3. The second-order valence-electron chi connectivity index (χ2n) is 7.65. The van der Waals surface area contributed by atoms with E-state index in [9.17, 15) is 14.7 Å². The summed E-state index contributed by atoms with van der Waals surface area (Å²) in [5.74, 6) is -0.792. The summed E-state index contributed by atoms with van der Waals surface area (Å²) in [7, 11) is 0. The molecule has 1 N–H and O–H groups in total. The summed E-state index contributed by atoms with van der Waals surface area (Å²) in [4.78, 5) is 31.8. The monoisotopic (exact) mass is 372 g/mol. The highest BCUT2D eigenvalue weighted by Gasteiger charge is 2.36. The van der Waals surface area contributed by atoms with Gasteiger partial charge in [-0.1, -0.05) is 42.5 Å². The lowest BCUT2D eigenvalue weighted by atomic mass is 9.93. The van der Waals surface area contributed by atoms with Crippen molar-refractivity contribution >= 4 is 22.8 Å². The van der Waals surface area contributed by atoms with Gasteiger partial charge in [-0.3, -0.25) is 9.78 Å². The van der Waals surface area contributed by atoms with Gasteiger partial charge in [-0.05, 0) is 36.1 Å². The van der Waals surface area contributed by atoms with Crippen molar-refractivity contribution in [2.24, 2.45) is 0 Å². The molecule has 1 saturated carbocycles. The number of hydrogen-bond acceptors (Lipinski definition) is 3. The largest absolute Gasteiger partial charge is 0.480 e. The molecule has 28 heavy (non-hydrogen) atoms. The van der Waals surface area contributed by atoms with E-state index in [1.165, 1.54) is 4.90 Å². The Bertz CT molecular complexity index is 1100. The van der Waals surface area contributed by atoms with Gasteiger partial charge in [-0.2, -0.15) is 0 Å². The molecule has 2 aliphatic rings. The third-order valence-electron chi connectivity index (χ3n) is 5.76. The summed E-state index contributed by atoms with van der Waals surface area (Å²) < 4.78 is 0. The number of aliphatic carboxylic acids is 1. The second-order valence-corrected chi connectivity index (χ2v) is 7.65. The number of amides is 1. The van der Waals surface area contributed by atoms with Gasteiger partial charge in [0.1, 0.15) is 6.04 Å². The molecule has 1 amide bonds. The zero-order valence-electron chi connectivity index (χ0n) is 15.3. The number of nitrogens with zero attached hydrogens (tertiary/aromatic N) is 2. The fourth-order valence-electron chi connectivity index (χ4n) is 4.07. The summed E-state index contributed by atoms with van der Waals surface area (Å²) in [6.45, 7) is 0.307. The molecule has 5 nitrogen and oxygen atoms in total. The maximum atomic E-state index is 13.6. The van der Waals surface area contributed by atoms with Crippen molar-refractivity contribution in [3.05, 3.63) is 77.0 Å². The highest BCUT2D eigenvalue weighted by molar-refractivity contribution is 6.07. The van der Waals surface area contributed by atoms with Crippen LogP contribution in [0, 0.1) is 0 Å². The molecule has 1 aliphatic heterocycles. The summed E-state index contributed by atoms with van der Waals surface area (Å²) in [6, 6.07) is 16.4. The van der Waals surface area contributed by atoms with Crippen LogP contribution in [0.15, 0.2) is 54.6 Å². The maximum Gasteiger partial charge on any atom is 0.326 e. The van der Waals surface area contributed by atoms with Gasteiger partial charge in [-0.25, -0.2) is 4.79 Å². The smallest absolute Gasteiger partial charge is 0.326 e. The van der Waals surface area contributed by atoms with Crippen molar-refractivity contribution < 1.29 is 14.7 Å². The standard InChI is InChI=1S/C23H20N2O3/c26-22(25-13-16-6-2-1-5-15(16)11-21(25)23(27)28)18-12-20(14-9-10-14)24-19-8-4-3-7-17(18)19/h1-8,12,14,21H,9-11,13H2,(H,27,28). The number of hydrogen-bond donors (Lipinski definition) is 1. The van der Waals surface area contributed by atoms with E-state index in [2.05, 4.69) is 0 Å². The first kappa shape index (κ1) is 16.9. The summed E-state index contributed by atoms with van der Waals surface area (Å²) in [5.41, 5.74) is 4.29. The number of carboxylic acid groups (broad SMARTS) is 1. The second kappa shape index (κ2) is 6.44. The first-order valence-corrected chi connectivity index (χ1v) is 9.62. The Morgan fingerprint density at radius 1 is 1.00 bits per heavy atom. The van der Waals surface area contributed by atoms with Crippen LogP contribution in [0.1, 0.15) is 45.9 Å². The normalized spacial score (nSPS) is 18.7. The van der Waals surface area contributed by atoms with Crippen molar-refractivity contribution in [2.75, 3.05) is 0 Å². The van der Waals surface area contributed by atoms with Gasteiger partial charge in [0.15, 0.2) is 0 Å². The molecular formula is C23H20N2O3. The number of carbonyl (C=O) groups excluding carboxylic acids is 1. The van der Waals surface area contributed by atoms with E-state index in [0.717, 1.165) is 40.6 Å².